The SMILES string of the molecule is Cc1nn(C)c2nc(-c3ccccc3)cc(C(=O)N(C)Cc3ccccc3)c12. The van der Waals surface area contributed by atoms with Gasteiger partial charge in [-0.3, -0.25) is 9.48 Å². The van der Waals surface area contributed by atoms with E-state index in [0.717, 1.165) is 33.5 Å². The fourth-order valence-electron chi connectivity index (χ4n) is 3.51. The summed E-state index contributed by atoms with van der Waals surface area (Å²) in [5.74, 6) is -0.0375. The molecule has 5 heteroatoms. The Bertz CT molecular complexity index is 1130. The van der Waals surface area contributed by atoms with Gasteiger partial charge in [0.25, 0.3) is 5.91 Å². The lowest BCUT2D eigenvalue weighted by atomic mass is 10.0. The van der Waals surface area contributed by atoms with Crippen LogP contribution >= 0.6 is 0 Å². The zero-order chi connectivity index (χ0) is 19.7. The van der Waals surface area contributed by atoms with Gasteiger partial charge in [0.05, 0.1) is 22.3 Å². The standard InChI is InChI=1S/C23H22N4O/c1-16-21-19(23(28)26(2)15-17-10-6-4-7-11-17)14-20(18-12-8-5-9-13-18)24-22(21)27(3)25-16/h4-14H,15H2,1-3H3. The topological polar surface area (TPSA) is 51.0 Å². The maximum absolute atomic E-state index is 13.4. The van der Waals surface area contributed by atoms with Crippen molar-refractivity contribution in [3.63, 3.8) is 0 Å². The Hall–Kier alpha value is -3.47. The zero-order valence-corrected chi connectivity index (χ0v) is 16.3. The Kier molecular flexibility index (Phi) is 4.65. The first-order valence-electron chi connectivity index (χ1n) is 9.24. The summed E-state index contributed by atoms with van der Waals surface area (Å²) in [5.41, 5.74) is 5.00. The number of hydrogen-bond acceptors (Lipinski definition) is 3. The van der Waals surface area contributed by atoms with Crippen molar-refractivity contribution in [1.82, 2.24) is 19.7 Å². The molecular formula is C23H22N4O. The summed E-state index contributed by atoms with van der Waals surface area (Å²) in [6.07, 6.45) is 0. The predicted molar refractivity (Wildman–Crippen MR) is 111 cm³/mol. The predicted octanol–water partition coefficient (Wildman–Crippen LogP) is 4.22. The summed E-state index contributed by atoms with van der Waals surface area (Å²) >= 11 is 0. The van der Waals surface area contributed by atoms with Crippen LogP contribution in [0.25, 0.3) is 22.3 Å². The van der Waals surface area contributed by atoms with E-state index in [1.807, 2.05) is 87.7 Å². The van der Waals surface area contributed by atoms with E-state index in [4.69, 9.17) is 4.98 Å². The first kappa shape index (κ1) is 17.9. The Labute approximate surface area is 164 Å². The van der Waals surface area contributed by atoms with Crippen molar-refractivity contribution in [2.24, 2.45) is 7.05 Å². The molecule has 1 amide bonds. The molecule has 2 heterocycles. The highest BCUT2D eigenvalue weighted by molar-refractivity contribution is 6.07. The number of amides is 1. The van der Waals surface area contributed by atoms with Gasteiger partial charge in [0.2, 0.25) is 0 Å². The molecule has 0 saturated heterocycles. The van der Waals surface area contributed by atoms with Gasteiger partial charge in [-0.1, -0.05) is 60.7 Å². The molecule has 0 spiro atoms. The van der Waals surface area contributed by atoms with E-state index in [1.165, 1.54) is 0 Å². The first-order valence-corrected chi connectivity index (χ1v) is 9.24. The van der Waals surface area contributed by atoms with Crippen LogP contribution in [0.4, 0.5) is 0 Å². The highest BCUT2D eigenvalue weighted by Gasteiger charge is 2.21. The number of carbonyl (C=O) groups is 1. The van der Waals surface area contributed by atoms with Gasteiger partial charge in [0.1, 0.15) is 0 Å². The molecule has 0 radical (unpaired) electrons. The minimum atomic E-state index is -0.0375. The monoisotopic (exact) mass is 370 g/mol. The van der Waals surface area contributed by atoms with Gasteiger partial charge in [0, 0.05) is 26.2 Å². The Balaban J connectivity index is 1.81. The van der Waals surface area contributed by atoms with E-state index in [0.29, 0.717) is 12.1 Å². The number of aryl methyl sites for hydroxylation is 2. The van der Waals surface area contributed by atoms with E-state index in [9.17, 15) is 4.79 Å². The molecule has 0 aliphatic rings. The third-order valence-corrected chi connectivity index (χ3v) is 4.88. The molecule has 0 saturated carbocycles. The van der Waals surface area contributed by atoms with Crippen LogP contribution in [0.2, 0.25) is 0 Å². The van der Waals surface area contributed by atoms with E-state index in [2.05, 4.69) is 5.10 Å². The number of pyridine rings is 1. The van der Waals surface area contributed by atoms with Gasteiger partial charge in [-0.05, 0) is 18.6 Å². The molecule has 28 heavy (non-hydrogen) atoms. The second-order valence-corrected chi connectivity index (χ2v) is 6.98. The largest absolute Gasteiger partial charge is 0.337 e. The maximum Gasteiger partial charge on any atom is 0.254 e. The highest BCUT2D eigenvalue weighted by Crippen LogP contribution is 2.27. The summed E-state index contributed by atoms with van der Waals surface area (Å²) in [4.78, 5) is 19.9. The molecule has 2 aromatic carbocycles. The van der Waals surface area contributed by atoms with Crippen LogP contribution in [-0.4, -0.2) is 32.6 Å². The van der Waals surface area contributed by atoms with E-state index in [-0.39, 0.29) is 5.91 Å². The molecule has 0 fully saturated rings. The number of hydrogen-bond donors (Lipinski definition) is 0. The second-order valence-electron chi connectivity index (χ2n) is 6.98. The lowest BCUT2D eigenvalue weighted by molar-refractivity contribution is 0.0787. The smallest absolute Gasteiger partial charge is 0.254 e. The molecule has 0 bridgehead atoms. The number of nitrogens with zero attached hydrogens (tertiary/aromatic N) is 4. The molecule has 2 aromatic heterocycles. The summed E-state index contributed by atoms with van der Waals surface area (Å²) in [5, 5.41) is 5.31. The van der Waals surface area contributed by atoms with Crippen molar-refractivity contribution >= 4 is 16.9 Å². The number of aromatic nitrogens is 3. The van der Waals surface area contributed by atoms with Crippen LogP contribution < -0.4 is 0 Å². The van der Waals surface area contributed by atoms with Crippen LogP contribution in [0, 0.1) is 6.92 Å². The number of carbonyl (C=O) groups excluding carboxylic acids is 1. The fraction of sp³-hybridized carbons (Fsp3) is 0.174. The van der Waals surface area contributed by atoms with Crippen LogP contribution in [0.15, 0.2) is 66.7 Å². The lowest BCUT2D eigenvalue weighted by Gasteiger charge is -2.18. The molecular weight excluding hydrogens is 348 g/mol. The Morgan fingerprint density at radius 2 is 1.68 bits per heavy atom. The molecule has 4 rings (SSSR count). The number of benzene rings is 2. The minimum absolute atomic E-state index is 0.0375. The van der Waals surface area contributed by atoms with E-state index < -0.39 is 0 Å². The fourth-order valence-corrected chi connectivity index (χ4v) is 3.51. The third-order valence-electron chi connectivity index (χ3n) is 4.88. The third kappa shape index (κ3) is 3.27. The van der Waals surface area contributed by atoms with Crippen LogP contribution in [0.3, 0.4) is 0 Å². The van der Waals surface area contributed by atoms with Gasteiger partial charge < -0.3 is 4.90 Å². The molecule has 0 aliphatic carbocycles. The van der Waals surface area contributed by atoms with Crippen molar-refractivity contribution in [3.05, 3.63) is 83.6 Å². The average molecular weight is 370 g/mol. The minimum Gasteiger partial charge on any atom is -0.337 e. The summed E-state index contributed by atoms with van der Waals surface area (Å²) in [6.45, 7) is 2.46. The van der Waals surface area contributed by atoms with Crippen LogP contribution in [-0.2, 0) is 13.6 Å². The zero-order valence-electron chi connectivity index (χ0n) is 16.3. The van der Waals surface area contributed by atoms with Gasteiger partial charge in [-0.15, -0.1) is 0 Å². The van der Waals surface area contributed by atoms with Crippen LogP contribution in [0.5, 0.6) is 0 Å². The molecule has 4 aromatic rings. The Morgan fingerprint density at radius 3 is 2.36 bits per heavy atom. The summed E-state index contributed by atoms with van der Waals surface area (Å²) < 4.78 is 1.74. The van der Waals surface area contributed by atoms with Crippen molar-refractivity contribution in [3.8, 4) is 11.3 Å². The second kappa shape index (κ2) is 7.27. The van der Waals surface area contributed by atoms with Crippen molar-refractivity contribution < 1.29 is 4.79 Å². The van der Waals surface area contributed by atoms with E-state index in [1.54, 1.807) is 9.58 Å². The molecule has 0 unspecified atom stereocenters. The molecule has 0 aliphatic heterocycles. The van der Waals surface area contributed by atoms with E-state index >= 15 is 0 Å². The normalized spacial score (nSPS) is 11.0. The van der Waals surface area contributed by atoms with Crippen molar-refractivity contribution in [1.29, 1.82) is 0 Å². The van der Waals surface area contributed by atoms with Crippen molar-refractivity contribution in [2.45, 2.75) is 13.5 Å². The first-order chi connectivity index (χ1) is 13.5. The quantitative estimate of drug-likeness (QED) is 0.540. The number of rotatable bonds is 4. The average Bonchev–Trinajstić information content (AvgIpc) is 3.02. The van der Waals surface area contributed by atoms with Gasteiger partial charge in [-0.25, -0.2) is 4.98 Å². The molecule has 0 atom stereocenters. The van der Waals surface area contributed by atoms with Gasteiger partial charge >= 0.3 is 0 Å². The maximum atomic E-state index is 13.4. The highest BCUT2D eigenvalue weighted by atomic mass is 16.2. The Morgan fingerprint density at radius 1 is 1.04 bits per heavy atom. The lowest BCUT2D eigenvalue weighted by Crippen LogP contribution is -2.26. The number of fused-ring (bicyclic) bond motifs is 1. The molecule has 5 nitrogen and oxygen atoms in total. The van der Waals surface area contributed by atoms with Crippen LogP contribution in [0.1, 0.15) is 21.6 Å². The molecule has 0 N–H and O–H groups in total. The summed E-state index contributed by atoms with van der Waals surface area (Å²) in [6, 6.07) is 21.8. The van der Waals surface area contributed by atoms with Crippen molar-refractivity contribution in [2.75, 3.05) is 7.05 Å². The molecule has 140 valence electrons. The van der Waals surface area contributed by atoms with Gasteiger partial charge in [0.15, 0.2) is 5.65 Å². The summed E-state index contributed by atoms with van der Waals surface area (Å²) in [7, 11) is 3.69. The van der Waals surface area contributed by atoms with Gasteiger partial charge in [-0.2, -0.15) is 5.10 Å².